The van der Waals surface area contributed by atoms with E-state index < -0.39 is 0 Å². The SMILES string of the molecule is Cn1ccnc1CNC[C@H]1CCCO1. The van der Waals surface area contributed by atoms with Crippen LogP contribution >= 0.6 is 0 Å². The van der Waals surface area contributed by atoms with Crippen LogP contribution in [0, 0.1) is 0 Å². The number of nitrogens with zero attached hydrogens (tertiary/aromatic N) is 2. The van der Waals surface area contributed by atoms with Crippen LogP contribution in [0.25, 0.3) is 0 Å². The normalized spacial score (nSPS) is 21.6. The molecule has 1 aromatic rings. The summed E-state index contributed by atoms with van der Waals surface area (Å²) in [6, 6.07) is 0. The quantitative estimate of drug-likeness (QED) is 0.768. The van der Waals surface area contributed by atoms with Gasteiger partial charge in [-0.2, -0.15) is 0 Å². The maximum atomic E-state index is 5.51. The Hall–Kier alpha value is -0.870. The number of nitrogens with one attached hydrogen (secondary N) is 1. The predicted octanol–water partition coefficient (Wildman–Crippen LogP) is 0.689. The van der Waals surface area contributed by atoms with Crippen molar-refractivity contribution in [3.63, 3.8) is 0 Å². The molecule has 0 radical (unpaired) electrons. The lowest BCUT2D eigenvalue weighted by atomic mass is 10.2. The van der Waals surface area contributed by atoms with Crippen molar-refractivity contribution in [1.29, 1.82) is 0 Å². The maximum Gasteiger partial charge on any atom is 0.122 e. The minimum Gasteiger partial charge on any atom is -0.377 e. The van der Waals surface area contributed by atoms with Crippen molar-refractivity contribution >= 4 is 0 Å². The summed E-state index contributed by atoms with van der Waals surface area (Å²) in [7, 11) is 2.01. The predicted molar refractivity (Wildman–Crippen MR) is 53.9 cm³/mol. The summed E-state index contributed by atoms with van der Waals surface area (Å²) in [5, 5.41) is 3.36. The molecule has 4 nitrogen and oxygen atoms in total. The van der Waals surface area contributed by atoms with Crippen LogP contribution in [0.5, 0.6) is 0 Å². The van der Waals surface area contributed by atoms with E-state index in [1.165, 1.54) is 12.8 Å². The third-order valence-electron chi connectivity index (χ3n) is 2.60. The molecule has 1 aliphatic heterocycles. The first-order valence-electron chi connectivity index (χ1n) is 5.15. The Morgan fingerprint density at radius 1 is 1.71 bits per heavy atom. The van der Waals surface area contributed by atoms with Crippen molar-refractivity contribution in [2.24, 2.45) is 7.05 Å². The fourth-order valence-electron chi connectivity index (χ4n) is 1.72. The van der Waals surface area contributed by atoms with Crippen molar-refractivity contribution in [3.05, 3.63) is 18.2 Å². The molecule has 2 rings (SSSR count). The van der Waals surface area contributed by atoms with Crippen LogP contribution in [0.2, 0.25) is 0 Å². The van der Waals surface area contributed by atoms with Gasteiger partial charge in [0.05, 0.1) is 12.6 Å². The molecule has 0 amide bonds. The van der Waals surface area contributed by atoms with Gasteiger partial charge in [-0.15, -0.1) is 0 Å². The Morgan fingerprint density at radius 3 is 3.29 bits per heavy atom. The summed E-state index contributed by atoms with van der Waals surface area (Å²) >= 11 is 0. The highest BCUT2D eigenvalue weighted by atomic mass is 16.5. The number of imidazole rings is 1. The highest BCUT2D eigenvalue weighted by Gasteiger charge is 2.14. The number of aromatic nitrogens is 2. The summed E-state index contributed by atoms with van der Waals surface area (Å²) in [6.45, 7) is 2.69. The molecule has 14 heavy (non-hydrogen) atoms. The van der Waals surface area contributed by atoms with E-state index in [0.29, 0.717) is 6.10 Å². The molecule has 78 valence electrons. The van der Waals surface area contributed by atoms with Crippen molar-refractivity contribution in [2.45, 2.75) is 25.5 Å². The number of rotatable bonds is 4. The second-order valence-electron chi connectivity index (χ2n) is 3.72. The molecule has 0 unspecified atom stereocenters. The van der Waals surface area contributed by atoms with Gasteiger partial charge in [-0.3, -0.25) is 0 Å². The Labute approximate surface area is 84.3 Å². The lowest BCUT2D eigenvalue weighted by molar-refractivity contribution is 0.109. The molecule has 4 heteroatoms. The Balaban J connectivity index is 1.70. The fourth-order valence-corrected chi connectivity index (χ4v) is 1.72. The summed E-state index contributed by atoms with van der Waals surface area (Å²) in [4.78, 5) is 4.24. The van der Waals surface area contributed by atoms with Gasteiger partial charge >= 0.3 is 0 Å². The van der Waals surface area contributed by atoms with Gasteiger partial charge in [-0.25, -0.2) is 4.98 Å². The monoisotopic (exact) mass is 195 g/mol. The summed E-state index contributed by atoms with van der Waals surface area (Å²) in [6.07, 6.45) is 6.59. The molecule has 0 aliphatic carbocycles. The standard InChI is InChI=1S/C10H17N3O/c1-13-5-4-12-10(13)8-11-7-9-3-2-6-14-9/h4-5,9,11H,2-3,6-8H2,1H3/t9-/m1/s1. The molecule has 1 aliphatic rings. The van der Waals surface area contributed by atoms with Crippen LogP contribution in [-0.2, 0) is 18.3 Å². The van der Waals surface area contributed by atoms with E-state index in [1.807, 2.05) is 24.0 Å². The molecule has 2 heterocycles. The van der Waals surface area contributed by atoms with Crippen molar-refractivity contribution in [3.8, 4) is 0 Å². The van der Waals surface area contributed by atoms with Gasteiger partial charge in [0.2, 0.25) is 0 Å². The third-order valence-corrected chi connectivity index (χ3v) is 2.60. The highest BCUT2D eigenvalue weighted by Crippen LogP contribution is 2.10. The zero-order valence-corrected chi connectivity index (χ0v) is 8.57. The molecule has 1 atom stereocenters. The molecular weight excluding hydrogens is 178 g/mol. The fraction of sp³-hybridized carbons (Fsp3) is 0.700. The van der Waals surface area contributed by atoms with Crippen molar-refractivity contribution in [2.75, 3.05) is 13.2 Å². The number of hydrogen-bond donors (Lipinski definition) is 1. The van der Waals surface area contributed by atoms with Crippen LogP contribution in [0.4, 0.5) is 0 Å². The summed E-state index contributed by atoms with van der Waals surface area (Å²) < 4.78 is 7.54. The lowest BCUT2D eigenvalue weighted by Gasteiger charge is -2.10. The molecule has 1 aromatic heterocycles. The third kappa shape index (κ3) is 2.33. The van der Waals surface area contributed by atoms with E-state index in [-0.39, 0.29) is 0 Å². The second-order valence-corrected chi connectivity index (χ2v) is 3.72. The molecule has 0 saturated carbocycles. The molecule has 1 N–H and O–H groups in total. The molecule has 0 aromatic carbocycles. The molecule has 1 saturated heterocycles. The van der Waals surface area contributed by atoms with Crippen LogP contribution in [0.3, 0.4) is 0 Å². The van der Waals surface area contributed by atoms with E-state index in [0.717, 1.165) is 25.5 Å². The number of ether oxygens (including phenoxy) is 1. The topological polar surface area (TPSA) is 39.1 Å². The van der Waals surface area contributed by atoms with E-state index in [2.05, 4.69) is 10.3 Å². The van der Waals surface area contributed by atoms with Gasteiger partial charge in [0.1, 0.15) is 5.82 Å². The van der Waals surface area contributed by atoms with Gasteiger partial charge in [0.15, 0.2) is 0 Å². The Kier molecular flexibility index (Phi) is 3.16. The summed E-state index contributed by atoms with van der Waals surface area (Å²) in [5.41, 5.74) is 0. The van der Waals surface area contributed by atoms with Gasteiger partial charge in [0.25, 0.3) is 0 Å². The van der Waals surface area contributed by atoms with E-state index >= 15 is 0 Å². The van der Waals surface area contributed by atoms with Gasteiger partial charge < -0.3 is 14.6 Å². The van der Waals surface area contributed by atoms with Crippen LogP contribution in [0.15, 0.2) is 12.4 Å². The average molecular weight is 195 g/mol. The van der Waals surface area contributed by atoms with Gasteiger partial charge in [-0.1, -0.05) is 0 Å². The first-order valence-corrected chi connectivity index (χ1v) is 5.15. The molecule has 1 fully saturated rings. The smallest absolute Gasteiger partial charge is 0.122 e. The van der Waals surface area contributed by atoms with Crippen LogP contribution in [-0.4, -0.2) is 28.8 Å². The van der Waals surface area contributed by atoms with Gasteiger partial charge in [-0.05, 0) is 12.8 Å². The number of hydrogen-bond acceptors (Lipinski definition) is 3. The first kappa shape index (κ1) is 9.68. The molecular formula is C10H17N3O. The maximum absolute atomic E-state index is 5.51. The lowest BCUT2D eigenvalue weighted by Crippen LogP contribution is -2.26. The number of aryl methyl sites for hydroxylation is 1. The van der Waals surface area contributed by atoms with E-state index in [1.54, 1.807) is 0 Å². The molecule has 0 bridgehead atoms. The zero-order valence-electron chi connectivity index (χ0n) is 8.57. The summed E-state index contributed by atoms with van der Waals surface area (Å²) in [5.74, 6) is 1.07. The van der Waals surface area contributed by atoms with Gasteiger partial charge in [0, 0.05) is 32.6 Å². The Bertz CT molecular complexity index is 279. The average Bonchev–Trinajstić information content (AvgIpc) is 2.78. The zero-order chi connectivity index (χ0) is 9.80. The highest BCUT2D eigenvalue weighted by molar-refractivity contribution is 4.90. The van der Waals surface area contributed by atoms with Crippen molar-refractivity contribution in [1.82, 2.24) is 14.9 Å². The van der Waals surface area contributed by atoms with Crippen molar-refractivity contribution < 1.29 is 4.74 Å². The Morgan fingerprint density at radius 2 is 2.64 bits per heavy atom. The van der Waals surface area contributed by atoms with Crippen LogP contribution in [0.1, 0.15) is 18.7 Å². The minimum absolute atomic E-state index is 0.412. The minimum atomic E-state index is 0.412. The van der Waals surface area contributed by atoms with E-state index in [9.17, 15) is 0 Å². The second kappa shape index (κ2) is 4.57. The van der Waals surface area contributed by atoms with Crippen LogP contribution < -0.4 is 5.32 Å². The van der Waals surface area contributed by atoms with E-state index in [4.69, 9.17) is 4.74 Å². The molecule has 0 spiro atoms. The largest absolute Gasteiger partial charge is 0.377 e. The first-order chi connectivity index (χ1) is 6.86.